The first kappa shape index (κ1) is 25.2. The zero-order chi connectivity index (χ0) is 25.9. The second kappa shape index (κ2) is 10.3. The van der Waals surface area contributed by atoms with Gasteiger partial charge >= 0.3 is 11.9 Å². The van der Waals surface area contributed by atoms with Crippen molar-refractivity contribution < 1.29 is 32.6 Å². The highest BCUT2D eigenvalue weighted by atomic mass is 19.1. The van der Waals surface area contributed by atoms with E-state index in [1.54, 1.807) is 44.2 Å². The Hall–Kier alpha value is -4.39. The van der Waals surface area contributed by atoms with E-state index in [9.17, 15) is 23.6 Å². The van der Waals surface area contributed by atoms with Crippen LogP contribution >= 0.6 is 0 Å². The Morgan fingerprint density at radius 3 is 2.11 bits per heavy atom. The molecular formula is C25H23F2N3O5. The zero-order valence-electron chi connectivity index (χ0n) is 19.5. The Balaban J connectivity index is 2.38. The Bertz CT molecular complexity index is 1240. The van der Waals surface area contributed by atoms with Gasteiger partial charge in [0.05, 0.1) is 49.1 Å². The van der Waals surface area contributed by atoms with E-state index in [0.717, 1.165) is 31.3 Å². The number of anilines is 1. The summed E-state index contributed by atoms with van der Waals surface area (Å²) in [6.07, 6.45) is -0.516. The molecule has 182 valence electrons. The minimum absolute atomic E-state index is 0.132. The highest BCUT2D eigenvalue weighted by Crippen LogP contribution is 2.44. The molecule has 3 rings (SSSR count). The SMILES string of the molecule is COC(=O)C1=C(C(=O)OC)N(c2cc(F)c(OC(C)C)c(F)c2)C(N)=C(C#N)C1c1ccccc1. The highest BCUT2D eigenvalue weighted by Gasteiger charge is 2.43. The van der Waals surface area contributed by atoms with E-state index in [2.05, 4.69) is 0 Å². The monoisotopic (exact) mass is 483 g/mol. The van der Waals surface area contributed by atoms with Gasteiger partial charge in [-0.05, 0) is 19.4 Å². The molecule has 1 unspecified atom stereocenters. The number of rotatable bonds is 6. The van der Waals surface area contributed by atoms with Crippen molar-refractivity contribution >= 4 is 17.6 Å². The number of methoxy groups -OCH3 is 2. The van der Waals surface area contributed by atoms with Gasteiger partial charge in [0.2, 0.25) is 0 Å². The molecule has 0 radical (unpaired) electrons. The van der Waals surface area contributed by atoms with Gasteiger partial charge in [-0.3, -0.25) is 4.90 Å². The van der Waals surface area contributed by atoms with Gasteiger partial charge in [0.1, 0.15) is 11.5 Å². The molecule has 1 heterocycles. The second-order valence-electron chi connectivity index (χ2n) is 7.74. The summed E-state index contributed by atoms with van der Waals surface area (Å²) >= 11 is 0. The largest absolute Gasteiger partial charge is 0.485 e. The number of carbonyl (C=O) groups excluding carboxylic acids is 2. The number of hydrogen-bond acceptors (Lipinski definition) is 8. The number of ether oxygens (including phenoxy) is 3. The number of nitrogens with zero attached hydrogens (tertiary/aromatic N) is 2. The zero-order valence-corrected chi connectivity index (χ0v) is 19.5. The molecule has 10 heteroatoms. The van der Waals surface area contributed by atoms with Crippen molar-refractivity contribution in [3.63, 3.8) is 0 Å². The molecule has 1 aliphatic rings. The third-order valence-electron chi connectivity index (χ3n) is 5.21. The molecule has 1 aliphatic heterocycles. The van der Waals surface area contributed by atoms with Gasteiger partial charge in [-0.1, -0.05) is 30.3 Å². The lowest BCUT2D eigenvalue weighted by Crippen LogP contribution is -2.40. The van der Waals surface area contributed by atoms with Crippen LogP contribution in [-0.4, -0.2) is 32.3 Å². The predicted octanol–water partition coefficient (Wildman–Crippen LogP) is 3.65. The Kier molecular flexibility index (Phi) is 7.40. The quantitative estimate of drug-likeness (QED) is 0.620. The average Bonchev–Trinajstić information content (AvgIpc) is 2.84. The van der Waals surface area contributed by atoms with E-state index in [4.69, 9.17) is 19.9 Å². The van der Waals surface area contributed by atoms with Crippen molar-refractivity contribution in [1.82, 2.24) is 0 Å². The minimum atomic E-state index is -1.10. The molecule has 0 aliphatic carbocycles. The van der Waals surface area contributed by atoms with Gasteiger partial charge in [-0.15, -0.1) is 0 Å². The number of benzene rings is 2. The van der Waals surface area contributed by atoms with Gasteiger partial charge in [-0.2, -0.15) is 5.26 Å². The number of nitriles is 1. The van der Waals surface area contributed by atoms with Crippen molar-refractivity contribution in [2.75, 3.05) is 19.1 Å². The molecule has 0 bridgehead atoms. The molecule has 35 heavy (non-hydrogen) atoms. The van der Waals surface area contributed by atoms with Gasteiger partial charge in [0.15, 0.2) is 17.4 Å². The maximum atomic E-state index is 14.9. The second-order valence-corrected chi connectivity index (χ2v) is 7.74. The first-order valence-corrected chi connectivity index (χ1v) is 10.5. The van der Waals surface area contributed by atoms with E-state index in [-0.39, 0.29) is 22.7 Å². The Morgan fingerprint density at radius 2 is 1.63 bits per heavy atom. The number of halogens is 2. The molecule has 0 aromatic heterocycles. The van der Waals surface area contributed by atoms with Crippen LogP contribution in [0, 0.1) is 23.0 Å². The van der Waals surface area contributed by atoms with Crippen LogP contribution in [0.1, 0.15) is 25.3 Å². The maximum Gasteiger partial charge on any atom is 0.355 e. The van der Waals surface area contributed by atoms with Crippen LogP contribution in [0.4, 0.5) is 14.5 Å². The minimum Gasteiger partial charge on any atom is -0.485 e. The van der Waals surface area contributed by atoms with E-state index < -0.39 is 47.0 Å². The summed E-state index contributed by atoms with van der Waals surface area (Å²) in [6.45, 7) is 3.20. The van der Waals surface area contributed by atoms with E-state index in [1.165, 1.54) is 0 Å². The fourth-order valence-electron chi connectivity index (χ4n) is 3.81. The summed E-state index contributed by atoms with van der Waals surface area (Å²) in [7, 11) is 2.17. The van der Waals surface area contributed by atoms with E-state index in [1.807, 2.05) is 6.07 Å². The lowest BCUT2D eigenvalue weighted by Gasteiger charge is -2.36. The highest BCUT2D eigenvalue weighted by molar-refractivity contribution is 6.06. The Morgan fingerprint density at radius 1 is 1.06 bits per heavy atom. The fraction of sp³-hybridized carbons (Fsp3) is 0.240. The predicted molar refractivity (Wildman–Crippen MR) is 122 cm³/mol. The number of esters is 2. The van der Waals surface area contributed by atoms with Gasteiger partial charge in [0.25, 0.3) is 0 Å². The lowest BCUT2D eigenvalue weighted by atomic mass is 9.81. The molecule has 0 saturated carbocycles. The summed E-state index contributed by atoms with van der Waals surface area (Å²) in [5.41, 5.74) is 5.65. The molecule has 0 fully saturated rings. The molecule has 0 saturated heterocycles. The number of hydrogen-bond donors (Lipinski definition) is 1. The average molecular weight is 483 g/mol. The van der Waals surface area contributed by atoms with E-state index in [0.29, 0.717) is 5.56 Å². The molecule has 0 amide bonds. The van der Waals surface area contributed by atoms with Crippen molar-refractivity contribution in [1.29, 1.82) is 5.26 Å². The first-order valence-electron chi connectivity index (χ1n) is 10.5. The third kappa shape index (κ3) is 4.66. The molecule has 2 aromatic carbocycles. The molecule has 2 N–H and O–H groups in total. The topological polar surface area (TPSA) is 115 Å². The maximum absolute atomic E-state index is 14.9. The summed E-state index contributed by atoms with van der Waals surface area (Å²) in [5.74, 6) is -6.17. The third-order valence-corrected chi connectivity index (χ3v) is 5.21. The fourth-order valence-corrected chi connectivity index (χ4v) is 3.81. The molecule has 2 aromatic rings. The van der Waals surface area contributed by atoms with Crippen molar-refractivity contribution in [3.8, 4) is 11.8 Å². The van der Waals surface area contributed by atoms with Crippen LogP contribution in [0.2, 0.25) is 0 Å². The number of allylic oxidation sites excluding steroid dienone is 1. The van der Waals surface area contributed by atoms with Gasteiger partial charge in [0, 0.05) is 12.1 Å². The smallest absolute Gasteiger partial charge is 0.355 e. The Labute approximate surface area is 200 Å². The summed E-state index contributed by atoms with van der Waals surface area (Å²) < 4.78 is 44.7. The summed E-state index contributed by atoms with van der Waals surface area (Å²) in [5, 5.41) is 9.99. The molecule has 8 nitrogen and oxygen atoms in total. The van der Waals surface area contributed by atoms with Crippen molar-refractivity contribution in [2.45, 2.75) is 25.9 Å². The van der Waals surface area contributed by atoms with E-state index >= 15 is 0 Å². The van der Waals surface area contributed by atoms with Crippen LogP contribution < -0.4 is 15.4 Å². The van der Waals surface area contributed by atoms with Gasteiger partial charge in [-0.25, -0.2) is 18.4 Å². The summed E-state index contributed by atoms with van der Waals surface area (Å²) in [6, 6.07) is 12.1. The first-order chi connectivity index (χ1) is 16.7. The van der Waals surface area contributed by atoms with Crippen LogP contribution in [0.25, 0.3) is 0 Å². The van der Waals surface area contributed by atoms with Crippen LogP contribution in [0.15, 0.2) is 65.1 Å². The van der Waals surface area contributed by atoms with Crippen LogP contribution in [-0.2, 0) is 19.1 Å². The molecular weight excluding hydrogens is 460 g/mol. The number of nitrogens with two attached hydrogens (primary N) is 1. The van der Waals surface area contributed by atoms with Gasteiger partial charge < -0.3 is 19.9 Å². The van der Waals surface area contributed by atoms with Crippen molar-refractivity contribution in [2.24, 2.45) is 5.73 Å². The van der Waals surface area contributed by atoms with Crippen molar-refractivity contribution in [3.05, 3.63) is 82.3 Å². The van der Waals surface area contributed by atoms with Crippen LogP contribution in [0.3, 0.4) is 0 Å². The lowest BCUT2D eigenvalue weighted by molar-refractivity contribution is -0.139. The normalized spacial score (nSPS) is 15.7. The molecule has 1 atom stereocenters. The standard InChI is InChI=1S/C25H23F2N3O5/c1-13(2)35-22-17(26)10-15(11-18(22)27)30-21(25(32)34-4)20(24(31)33-3)19(16(12-28)23(30)29)14-8-6-5-7-9-14/h5-11,13,19H,29H2,1-4H3. The summed E-state index contributed by atoms with van der Waals surface area (Å²) in [4.78, 5) is 26.9. The number of carbonyl (C=O) groups is 2. The van der Waals surface area contributed by atoms with Crippen LogP contribution in [0.5, 0.6) is 5.75 Å². The molecule has 0 spiro atoms.